The first-order valence-corrected chi connectivity index (χ1v) is 6.89. The van der Waals surface area contributed by atoms with Crippen LogP contribution in [0.2, 0.25) is 0 Å². The van der Waals surface area contributed by atoms with Gasteiger partial charge in [-0.15, -0.1) is 25.3 Å². The Labute approximate surface area is 128 Å². The lowest BCUT2D eigenvalue weighted by molar-refractivity contribution is 0.111. The van der Waals surface area contributed by atoms with Crippen molar-refractivity contribution in [2.75, 3.05) is 0 Å². The van der Waals surface area contributed by atoms with Crippen molar-refractivity contribution >= 4 is 54.9 Å². The highest BCUT2D eigenvalue weighted by Crippen LogP contribution is 2.37. The fourth-order valence-corrected chi connectivity index (χ4v) is 3.30. The largest absolute Gasteiger partial charge is 0.506 e. The monoisotopic (exact) mass is 314 g/mol. The number of aromatic hydroxyl groups is 1. The Kier molecular flexibility index (Phi) is 5.58. The molecule has 1 aromatic carbocycles. The number of thiocarbonyl (C=S) groups is 1. The Morgan fingerprint density at radius 1 is 1.21 bits per heavy atom. The quantitative estimate of drug-likeness (QED) is 0.338. The van der Waals surface area contributed by atoms with Gasteiger partial charge in [-0.2, -0.15) is 0 Å². The lowest BCUT2D eigenvalue weighted by atomic mass is 9.97. The Hall–Kier alpha value is -0.850. The van der Waals surface area contributed by atoms with E-state index in [9.17, 15) is 14.7 Å². The normalized spacial score (nSPS) is 10.6. The summed E-state index contributed by atoms with van der Waals surface area (Å²) in [7, 11) is 0. The van der Waals surface area contributed by atoms with Gasteiger partial charge >= 0.3 is 0 Å². The number of carbonyl (C=O) groups is 2. The zero-order valence-corrected chi connectivity index (χ0v) is 13.1. The first-order valence-electron chi connectivity index (χ1n) is 5.59. The zero-order chi connectivity index (χ0) is 14.7. The van der Waals surface area contributed by atoms with E-state index in [1.54, 1.807) is 0 Å². The fourth-order valence-electron chi connectivity index (χ4n) is 1.71. The number of phenols is 1. The summed E-state index contributed by atoms with van der Waals surface area (Å²) in [5, 5.41) is 9.84. The van der Waals surface area contributed by atoms with Gasteiger partial charge in [0.1, 0.15) is 5.75 Å². The van der Waals surface area contributed by atoms with Crippen molar-refractivity contribution in [3.05, 3.63) is 16.7 Å². The van der Waals surface area contributed by atoms with Gasteiger partial charge in [0.25, 0.3) is 0 Å². The summed E-state index contributed by atoms with van der Waals surface area (Å²) >= 11 is 13.8. The van der Waals surface area contributed by atoms with Gasteiger partial charge in [0.05, 0.1) is 11.1 Å². The Balaban J connectivity index is 3.59. The molecular weight excluding hydrogens is 300 g/mol. The first-order chi connectivity index (χ1) is 8.84. The second-order valence-electron chi connectivity index (χ2n) is 4.51. The van der Waals surface area contributed by atoms with Crippen molar-refractivity contribution in [1.29, 1.82) is 0 Å². The lowest BCUT2D eigenvalue weighted by Crippen LogP contribution is -2.08. The van der Waals surface area contributed by atoms with Crippen molar-refractivity contribution in [3.8, 4) is 5.75 Å². The van der Waals surface area contributed by atoms with Crippen LogP contribution in [0, 0.1) is 5.92 Å². The molecule has 1 rings (SSSR count). The maximum absolute atomic E-state index is 11.0. The molecule has 0 aromatic heterocycles. The minimum atomic E-state index is -0.406. The fraction of sp³-hybridized carbons (Fsp3) is 0.308. The van der Waals surface area contributed by atoms with E-state index in [-0.39, 0.29) is 20.9 Å². The molecule has 0 saturated carbocycles. The molecule has 1 aromatic rings. The molecule has 0 atom stereocenters. The van der Waals surface area contributed by atoms with Crippen LogP contribution in [0.25, 0.3) is 0 Å². The van der Waals surface area contributed by atoms with Crippen LogP contribution < -0.4 is 0 Å². The predicted molar refractivity (Wildman–Crippen MR) is 84.5 cm³/mol. The van der Waals surface area contributed by atoms with Gasteiger partial charge in [0, 0.05) is 20.2 Å². The molecule has 0 saturated heterocycles. The molecule has 0 heterocycles. The molecule has 0 aliphatic rings. The van der Waals surface area contributed by atoms with E-state index in [0.29, 0.717) is 35.3 Å². The molecule has 0 unspecified atom stereocenters. The molecule has 0 bridgehead atoms. The predicted octanol–water partition coefficient (Wildman–Crippen LogP) is 3.36. The molecular formula is C13H14O3S3. The van der Waals surface area contributed by atoms with Crippen LogP contribution in [0.1, 0.15) is 46.5 Å². The summed E-state index contributed by atoms with van der Waals surface area (Å²) in [6.07, 6.45) is 1.52. The SMILES string of the molecule is CC(C)CC(=S)c1c(S)c(C=O)c(O)c(C=O)c1S. The van der Waals surface area contributed by atoms with Gasteiger partial charge < -0.3 is 5.11 Å². The molecule has 102 valence electrons. The van der Waals surface area contributed by atoms with Crippen molar-refractivity contribution in [2.45, 2.75) is 30.1 Å². The summed E-state index contributed by atoms with van der Waals surface area (Å²) < 4.78 is 0. The van der Waals surface area contributed by atoms with E-state index < -0.39 is 5.75 Å². The topological polar surface area (TPSA) is 54.4 Å². The van der Waals surface area contributed by atoms with Crippen LogP contribution in [0.5, 0.6) is 5.75 Å². The highest BCUT2D eigenvalue weighted by molar-refractivity contribution is 7.83. The second-order valence-corrected chi connectivity index (χ2v) is 5.89. The van der Waals surface area contributed by atoms with Crippen molar-refractivity contribution in [1.82, 2.24) is 0 Å². The van der Waals surface area contributed by atoms with Crippen molar-refractivity contribution in [2.24, 2.45) is 5.92 Å². The molecule has 0 spiro atoms. The maximum Gasteiger partial charge on any atom is 0.154 e. The van der Waals surface area contributed by atoms with E-state index in [1.807, 2.05) is 13.8 Å². The third-order valence-corrected chi connectivity index (χ3v) is 3.90. The molecule has 3 nitrogen and oxygen atoms in total. The number of aldehydes is 2. The third kappa shape index (κ3) is 3.19. The number of hydrogen-bond donors (Lipinski definition) is 3. The Bertz CT molecular complexity index is 516. The molecule has 0 aliphatic carbocycles. The highest BCUT2D eigenvalue weighted by Gasteiger charge is 2.22. The summed E-state index contributed by atoms with van der Waals surface area (Å²) in [6, 6.07) is 0. The zero-order valence-electron chi connectivity index (χ0n) is 10.5. The van der Waals surface area contributed by atoms with E-state index in [2.05, 4.69) is 25.3 Å². The standard InChI is InChI=1S/C13H14O3S3/c1-6(2)3-9(17)10-12(18)7(4-14)11(16)8(5-15)13(10)19/h4-6,16,18-19H,3H2,1-2H3. The number of carbonyl (C=O) groups excluding carboxylic acids is 2. The number of rotatable bonds is 5. The van der Waals surface area contributed by atoms with Gasteiger partial charge in [-0.25, -0.2) is 0 Å². The first kappa shape index (κ1) is 16.2. The minimum Gasteiger partial charge on any atom is -0.506 e. The van der Waals surface area contributed by atoms with Crippen molar-refractivity contribution < 1.29 is 14.7 Å². The number of benzene rings is 1. The second kappa shape index (κ2) is 6.54. The minimum absolute atomic E-state index is 0.0376. The van der Waals surface area contributed by atoms with Crippen LogP contribution in [-0.4, -0.2) is 22.5 Å². The van der Waals surface area contributed by atoms with Crippen LogP contribution in [-0.2, 0) is 0 Å². The molecule has 0 radical (unpaired) electrons. The lowest BCUT2D eigenvalue weighted by Gasteiger charge is -2.16. The molecule has 6 heteroatoms. The molecule has 1 N–H and O–H groups in total. The summed E-state index contributed by atoms with van der Waals surface area (Å²) in [6.45, 7) is 4.01. The van der Waals surface area contributed by atoms with Crippen LogP contribution in [0.3, 0.4) is 0 Å². The number of hydrogen-bond acceptors (Lipinski definition) is 6. The van der Waals surface area contributed by atoms with E-state index in [0.717, 1.165) is 0 Å². The van der Waals surface area contributed by atoms with Crippen molar-refractivity contribution in [3.63, 3.8) is 0 Å². The van der Waals surface area contributed by atoms with Gasteiger partial charge in [-0.1, -0.05) is 26.1 Å². The van der Waals surface area contributed by atoms with E-state index in [4.69, 9.17) is 12.2 Å². The van der Waals surface area contributed by atoms with Gasteiger partial charge in [-0.3, -0.25) is 9.59 Å². The summed E-state index contributed by atoms with van der Waals surface area (Å²) in [4.78, 5) is 23.1. The van der Waals surface area contributed by atoms with Gasteiger partial charge in [0.2, 0.25) is 0 Å². The molecule has 0 fully saturated rings. The summed E-state index contributed by atoms with van der Waals surface area (Å²) in [5.41, 5.74) is 0.394. The Morgan fingerprint density at radius 3 is 1.95 bits per heavy atom. The summed E-state index contributed by atoms with van der Waals surface area (Å²) in [5.74, 6) is -0.0859. The van der Waals surface area contributed by atoms with Gasteiger partial charge in [0.15, 0.2) is 12.6 Å². The van der Waals surface area contributed by atoms with Crippen LogP contribution >= 0.6 is 37.5 Å². The molecule has 19 heavy (non-hydrogen) atoms. The van der Waals surface area contributed by atoms with Crippen LogP contribution in [0.4, 0.5) is 0 Å². The van der Waals surface area contributed by atoms with E-state index >= 15 is 0 Å². The van der Waals surface area contributed by atoms with Crippen LogP contribution in [0.15, 0.2) is 9.79 Å². The number of phenolic OH excluding ortho intramolecular Hbond substituents is 1. The third-order valence-electron chi connectivity index (χ3n) is 2.60. The average molecular weight is 314 g/mol. The molecule has 0 amide bonds. The average Bonchev–Trinajstić information content (AvgIpc) is 2.28. The maximum atomic E-state index is 11.0. The Morgan fingerprint density at radius 2 is 1.63 bits per heavy atom. The number of thiol groups is 2. The van der Waals surface area contributed by atoms with Gasteiger partial charge in [-0.05, 0) is 12.3 Å². The highest BCUT2D eigenvalue weighted by atomic mass is 32.1. The van der Waals surface area contributed by atoms with E-state index in [1.165, 1.54) is 0 Å². The molecule has 0 aliphatic heterocycles. The smallest absolute Gasteiger partial charge is 0.154 e.